The van der Waals surface area contributed by atoms with Crippen LogP contribution < -0.4 is 10.6 Å². The number of anilines is 1. The minimum atomic E-state index is -0.200. The van der Waals surface area contributed by atoms with Crippen molar-refractivity contribution in [2.24, 2.45) is 5.92 Å². The number of rotatable bonds is 4. The number of carbonyl (C=O) groups excluding carboxylic acids is 1. The van der Waals surface area contributed by atoms with E-state index in [-0.39, 0.29) is 11.9 Å². The molecule has 0 saturated heterocycles. The summed E-state index contributed by atoms with van der Waals surface area (Å²) >= 11 is 1.83. The van der Waals surface area contributed by atoms with Gasteiger partial charge in [-0.15, -0.1) is 11.8 Å². The first-order valence-corrected chi connectivity index (χ1v) is 6.85. The molecule has 1 aromatic rings. The Morgan fingerprint density at radius 2 is 2.24 bits per heavy atom. The van der Waals surface area contributed by atoms with Crippen molar-refractivity contribution in [2.45, 2.75) is 24.8 Å². The van der Waals surface area contributed by atoms with Gasteiger partial charge in [0, 0.05) is 21.9 Å². The lowest BCUT2D eigenvalue weighted by Gasteiger charge is -2.08. The lowest BCUT2D eigenvalue weighted by Crippen LogP contribution is -2.23. The highest BCUT2D eigenvalue weighted by Gasteiger charge is 2.28. The molecule has 0 radical (unpaired) electrons. The van der Waals surface area contributed by atoms with E-state index in [4.69, 9.17) is 0 Å². The zero-order chi connectivity index (χ0) is 12.4. The molecule has 0 aromatic heterocycles. The first-order chi connectivity index (χ1) is 8.11. The van der Waals surface area contributed by atoms with E-state index in [1.807, 2.05) is 17.8 Å². The molecular formula is C13H18N2OS. The molecule has 1 atom stereocenters. The number of nitrogens with one attached hydrogen (secondary N) is 2. The number of fused-ring (bicyclic) bond motifs is 1. The third-order valence-corrected chi connectivity index (χ3v) is 4.15. The van der Waals surface area contributed by atoms with Crippen molar-refractivity contribution in [3.63, 3.8) is 0 Å². The Morgan fingerprint density at radius 1 is 1.47 bits per heavy atom. The Balaban J connectivity index is 2.16. The minimum absolute atomic E-state index is 0.0357. The zero-order valence-electron chi connectivity index (χ0n) is 10.4. The van der Waals surface area contributed by atoms with Gasteiger partial charge in [-0.2, -0.15) is 0 Å². The van der Waals surface area contributed by atoms with Crippen LogP contribution in [0.3, 0.4) is 0 Å². The molecule has 1 aliphatic heterocycles. The maximum absolute atomic E-state index is 11.7. The van der Waals surface area contributed by atoms with Gasteiger partial charge in [-0.1, -0.05) is 19.9 Å². The summed E-state index contributed by atoms with van der Waals surface area (Å²) in [6.07, 6.45) is 0. The van der Waals surface area contributed by atoms with Crippen LogP contribution >= 0.6 is 11.8 Å². The highest BCUT2D eigenvalue weighted by molar-refractivity contribution is 7.99. The molecule has 1 aromatic carbocycles. The highest BCUT2D eigenvalue weighted by Crippen LogP contribution is 2.34. The lowest BCUT2D eigenvalue weighted by molar-refractivity contribution is -0.117. The molecule has 1 heterocycles. The maximum Gasteiger partial charge on any atom is 0.246 e. The van der Waals surface area contributed by atoms with E-state index in [2.05, 4.69) is 36.6 Å². The average Bonchev–Trinajstić information content (AvgIpc) is 2.60. The van der Waals surface area contributed by atoms with Crippen molar-refractivity contribution in [1.82, 2.24) is 5.32 Å². The van der Waals surface area contributed by atoms with E-state index >= 15 is 0 Å². The van der Waals surface area contributed by atoms with E-state index in [0.717, 1.165) is 17.0 Å². The lowest BCUT2D eigenvalue weighted by atomic mass is 10.1. The van der Waals surface area contributed by atoms with Gasteiger partial charge >= 0.3 is 0 Å². The van der Waals surface area contributed by atoms with Crippen molar-refractivity contribution in [2.75, 3.05) is 18.1 Å². The smallest absolute Gasteiger partial charge is 0.246 e. The molecule has 92 valence electrons. The third kappa shape index (κ3) is 2.64. The van der Waals surface area contributed by atoms with Gasteiger partial charge < -0.3 is 10.6 Å². The SMILES string of the molecule is CNC1C(=O)Nc2cc(SCC(C)C)ccc21. The predicted molar refractivity (Wildman–Crippen MR) is 72.4 cm³/mol. The molecule has 3 nitrogen and oxygen atoms in total. The Morgan fingerprint density at radius 3 is 2.88 bits per heavy atom. The Labute approximate surface area is 106 Å². The maximum atomic E-state index is 11.7. The van der Waals surface area contributed by atoms with Gasteiger partial charge in [0.25, 0.3) is 0 Å². The van der Waals surface area contributed by atoms with Crippen molar-refractivity contribution >= 4 is 23.4 Å². The molecule has 4 heteroatoms. The number of hydrogen-bond acceptors (Lipinski definition) is 3. The van der Waals surface area contributed by atoms with Crippen LogP contribution in [0.15, 0.2) is 23.1 Å². The van der Waals surface area contributed by atoms with E-state index in [0.29, 0.717) is 5.92 Å². The summed E-state index contributed by atoms with van der Waals surface area (Å²) in [6.45, 7) is 4.42. The van der Waals surface area contributed by atoms with Crippen LogP contribution in [0, 0.1) is 5.92 Å². The summed E-state index contributed by atoms with van der Waals surface area (Å²) in [6, 6.07) is 6.00. The molecule has 17 heavy (non-hydrogen) atoms. The largest absolute Gasteiger partial charge is 0.324 e. The van der Waals surface area contributed by atoms with E-state index < -0.39 is 0 Å². The summed E-state index contributed by atoms with van der Waals surface area (Å²) in [5.41, 5.74) is 1.99. The fraction of sp³-hybridized carbons (Fsp3) is 0.462. The number of amides is 1. The van der Waals surface area contributed by atoms with Crippen LogP contribution in [0.1, 0.15) is 25.5 Å². The number of carbonyl (C=O) groups is 1. The third-order valence-electron chi connectivity index (χ3n) is 2.73. The van der Waals surface area contributed by atoms with Crippen molar-refractivity contribution in [3.8, 4) is 0 Å². The number of hydrogen-bond donors (Lipinski definition) is 2. The van der Waals surface area contributed by atoms with Gasteiger partial charge in [0.1, 0.15) is 6.04 Å². The van der Waals surface area contributed by atoms with Gasteiger partial charge in [-0.05, 0) is 25.1 Å². The minimum Gasteiger partial charge on any atom is -0.324 e. The fourth-order valence-corrected chi connectivity index (χ4v) is 2.77. The van der Waals surface area contributed by atoms with Gasteiger partial charge in [-0.25, -0.2) is 0 Å². The number of thioether (sulfide) groups is 1. The molecule has 0 fully saturated rings. The molecule has 0 saturated carbocycles. The Hall–Kier alpha value is -1.00. The van der Waals surface area contributed by atoms with Crippen LogP contribution in [-0.2, 0) is 4.79 Å². The van der Waals surface area contributed by atoms with E-state index in [9.17, 15) is 4.79 Å². The first kappa shape index (κ1) is 12.5. The van der Waals surface area contributed by atoms with Crippen LogP contribution in [0.4, 0.5) is 5.69 Å². The highest BCUT2D eigenvalue weighted by atomic mass is 32.2. The number of likely N-dealkylation sites (N-methyl/N-ethyl adjacent to an activating group) is 1. The topological polar surface area (TPSA) is 41.1 Å². The van der Waals surface area contributed by atoms with Gasteiger partial charge in [0.05, 0.1) is 0 Å². The second kappa shape index (κ2) is 5.10. The van der Waals surface area contributed by atoms with Crippen LogP contribution in [0.5, 0.6) is 0 Å². The van der Waals surface area contributed by atoms with Crippen LogP contribution in [-0.4, -0.2) is 18.7 Å². The van der Waals surface area contributed by atoms with Crippen molar-refractivity contribution < 1.29 is 4.79 Å². The van der Waals surface area contributed by atoms with E-state index in [1.165, 1.54) is 4.90 Å². The number of benzene rings is 1. The molecule has 2 N–H and O–H groups in total. The standard InChI is InChI=1S/C13H18N2OS/c1-8(2)7-17-9-4-5-10-11(6-9)15-13(16)12(10)14-3/h4-6,8,12,14H,7H2,1-3H3,(H,15,16). The summed E-state index contributed by atoms with van der Waals surface area (Å²) < 4.78 is 0. The van der Waals surface area contributed by atoms with Crippen LogP contribution in [0.25, 0.3) is 0 Å². The molecule has 0 spiro atoms. The quantitative estimate of drug-likeness (QED) is 0.807. The van der Waals surface area contributed by atoms with Gasteiger partial charge in [-0.3, -0.25) is 4.79 Å². The molecule has 1 amide bonds. The Bertz CT molecular complexity index is 431. The monoisotopic (exact) mass is 250 g/mol. The molecule has 0 aliphatic carbocycles. The summed E-state index contributed by atoms with van der Waals surface area (Å²) in [4.78, 5) is 12.9. The van der Waals surface area contributed by atoms with Crippen molar-refractivity contribution in [1.29, 1.82) is 0 Å². The normalized spacial score (nSPS) is 18.4. The summed E-state index contributed by atoms with van der Waals surface area (Å²) in [7, 11) is 1.81. The molecule has 2 rings (SSSR count). The second-order valence-corrected chi connectivity index (χ2v) is 5.76. The molecular weight excluding hydrogens is 232 g/mol. The molecule has 1 aliphatic rings. The predicted octanol–water partition coefficient (Wildman–Crippen LogP) is 2.65. The van der Waals surface area contributed by atoms with Gasteiger partial charge in [0.15, 0.2) is 0 Å². The Kier molecular flexibility index (Phi) is 3.74. The van der Waals surface area contributed by atoms with Crippen molar-refractivity contribution in [3.05, 3.63) is 23.8 Å². The van der Waals surface area contributed by atoms with Crippen LogP contribution in [0.2, 0.25) is 0 Å². The molecule has 1 unspecified atom stereocenters. The summed E-state index contributed by atoms with van der Waals surface area (Å²) in [5, 5.41) is 5.93. The second-order valence-electron chi connectivity index (χ2n) is 4.66. The molecule has 0 bridgehead atoms. The zero-order valence-corrected chi connectivity index (χ0v) is 11.2. The van der Waals surface area contributed by atoms with E-state index in [1.54, 1.807) is 7.05 Å². The summed E-state index contributed by atoms with van der Waals surface area (Å²) in [5.74, 6) is 1.81. The first-order valence-electron chi connectivity index (χ1n) is 5.86. The average molecular weight is 250 g/mol. The fourth-order valence-electron chi connectivity index (χ4n) is 1.88. The van der Waals surface area contributed by atoms with Gasteiger partial charge in [0.2, 0.25) is 5.91 Å².